The smallest absolute Gasteiger partial charge is 0.220 e. The van der Waals surface area contributed by atoms with Crippen molar-refractivity contribution >= 4 is 15.7 Å². The minimum atomic E-state index is -2.88. The lowest BCUT2D eigenvalue weighted by Crippen LogP contribution is -2.44. The number of hydrogen-bond acceptors (Lipinski definition) is 4. The summed E-state index contributed by atoms with van der Waals surface area (Å²) in [6.07, 6.45) is 3.90. The molecule has 17 heavy (non-hydrogen) atoms. The largest absolute Gasteiger partial charge is 0.352 e. The molecule has 98 valence electrons. The summed E-state index contributed by atoms with van der Waals surface area (Å²) in [4.78, 5) is 11.8. The first-order chi connectivity index (χ1) is 7.96. The second kappa shape index (κ2) is 4.94. The number of hydrogen-bond donors (Lipinski definition) is 2. The van der Waals surface area contributed by atoms with Crippen molar-refractivity contribution in [3.63, 3.8) is 0 Å². The van der Waals surface area contributed by atoms with Crippen LogP contribution < -0.4 is 11.1 Å². The lowest BCUT2D eigenvalue weighted by Gasteiger charge is -2.18. The van der Waals surface area contributed by atoms with Gasteiger partial charge in [0.05, 0.1) is 11.5 Å². The minimum Gasteiger partial charge on any atom is -0.352 e. The van der Waals surface area contributed by atoms with Crippen molar-refractivity contribution in [1.82, 2.24) is 5.32 Å². The molecule has 5 nitrogen and oxygen atoms in total. The van der Waals surface area contributed by atoms with Gasteiger partial charge in [0.25, 0.3) is 0 Å². The van der Waals surface area contributed by atoms with Crippen LogP contribution in [0.25, 0.3) is 0 Å². The molecule has 2 aliphatic rings. The van der Waals surface area contributed by atoms with Crippen LogP contribution in [0.4, 0.5) is 0 Å². The molecule has 0 aromatic rings. The van der Waals surface area contributed by atoms with Gasteiger partial charge < -0.3 is 11.1 Å². The van der Waals surface area contributed by atoms with Crippen LogP contribution in [0.2, 0.25) is 0 Å². The molecular weight excluding hydrogens is 240 g/mol. The van der Waals surface area contributed by atoms with Gasteiger partial charge in [-0.05, 0) is 31.6 Å². The maximum atomic E-state index is 11.8. The predicted octanol–water partition coefficient (Wildman–Crippen LogP) is -0.193. The number of nitrogens with one attached hydrogen (secondary N) is 1. The van der Waals surface area contributed by atoms with E-state index in [-0.39, 0.29) is 35.4 Å². The molecule has 0 radical (unpaired) electrons. The first kappa shape index (κ1) is 12.8. The Kier molecular flexibility index (Phi) is 3.73. The van der Waals surface area contributed by atoms with Crippen LogP contribution in [0.15, 0.2) is 0 Å². The molecule has 0 spiro atoms. The second-order valence-corrected chi connectivity index (χ2v) is 7.47. The van der Waals surface area contributed by atoms with E-state index in [1.807, 2.05) is 0 Å². The van der Waals surface area contributed by atoms with Gasteiger partial charge in [0.15, 0.2) is 9.84 Å². The molecule has 1 heterocycles. The zero-order chi connectivity index (χ0) is 12.5. The van der Waals surface area contributed by atoms with Crippen molar-refractivity contribution in [1.29, 1.82) is 0 Å². The number of sulfone groups is 1. The molecule has 3 N–H and O–H groups in total. The Morgan fingerprint density at radius 1 is 1.29 bits per heavy atom. The minimum absolute atomic E-state index is 0.00220. The highest BCUT2D eigenvalue weighted by molar-refractivity contribution is 7.91. The normalized spacial score (nSPS) is 35.9. The van der Waals surface area contributed by atoms with Crippen molar-refractivity contribution in [3.8, 4) is 0 Å². The zero-order valence-electron chi connectivity index (χ0n) is 9.89. The number of rotatable bonds is 3. The molecule has 1 aliphatic heterocycles. The Morgan fingerprint density at radius 3 is 2.59 bits per heavy atom. The quantitative estimate of drug-likeness (QED) is 0.736. The molecule has 2 rings (SSSR count). The van der Waals surface area contributed by atoms with E-state index >= 15 is 0 Å². The standard InChI is InChI=1S/C11H20N2O3S/c12-9-2-1-3-10(9)13-11(14)6-8-4-5-17(15,16)7-8/h8-10H,1-7,12H2,(H,13,14). The summed E-state index contributed by atoms with van der Waals surface area (Å²) in [5, 5.41) is 2.92. The van der Waals surface area contributed by atoms with Gasteiger partial charge in [-0.1, -0.05) is 0 Å². The average Bonchev–Trinajstić information content (AvgIpc) is 2.74. The number of amides is 1. The van der Waals surface area contributed by atoms with Crippen molar-refractivity contribution in [2.75, 3.05) is 11.5 Å². The molecule has 6 heteroatoms. The van der Waals surface area contributed by atoms with Crippen LogP contribution >= 0.6 is 0 Å². The molecule has 3 unspecified atom stereocenters. The van der Waals surface area contributed by atoms with Crippen LogP contribution in [0.3, 0.4) is 0 Å². The highest BCUT2D eigenvalue weighted by atomic mass is 32.2. The van der Waals surface area contributed by atoms with Crippen LogP contribution in [0.1, 0.15) is 32.1 Å². The Balaban J connectivity index is 1.78. The van der Waals surface area contributed by atoms with Crippen molar-refractivity contribution in [2.24, 2.45) is 11.7 Å². The van der Waals surface area contributed by atoms with E-state index < -0.39 is 9.84 Å². The zero-order valence-corrected chi connectivity index (χ0v) is 10.7. The van der Waals surface area contributed by atoms with E-state index in [1.165, 1.54) is 0 Å². The number of nitrogens with two attached hydrogens (primary N) is 1. The molecule has 1 saturated heterocycles. The molecule has 2 fully saturated rings. The second-order valence-electron chi connectivity index (χ2n) is 5.24. The van der Waals surface area contributed by atoms with Gasteiger partial charge in [0, 0.05) is 18.5 Å². The maximum Gasteiger partial charge on any atom is 0.220 e. The fraction of sp³-hybridized carbons (Fsp3) is 0.909. The Hall–Kier alpha value is -0.620. The first-order valence-corrected chi connectivity index (χ1v) is 8.04. The lowest BCUT2D eigenvalue weighted by atomic mass is 10.0. The molecule has 0 aromatic carbocycles. The summed E-state index contributed by atoms with van der Waals surface area (Å²) < 4.78 is 22.5. The topological polar surface area (TPSA) is 89.3 Å². The molecular formula is C11H20N2O3S. The van der Waals surface area contributed by atoms with Gasteiger partial charge in [-0.2, -0.15) is 0 Å². The SMILES string of the molecule is NC1CCCC1NC(=O)CC1CCS(=O)(=O)C1. The number of carbonyl (C=O) groups is 1. The van der Waals surface area contributed by atoms with E-state index in [9.17, 15) is 13.2 Å². The highest BCUT2D eigenvalue weighted by Crippen LogP contribution is 2.22. The van der Waals surface area contributed by atoms with Crippen LogP contribution in [0.5, 0.6) is 0 Å². The fourth-order valence-corrected chi connectivity index (χ4v) is 4.59. The van der Waals surface area contributed by atoms with E-state index in [0.29, 0.717) is 12.8 Å². The maximum absolute atomic E-state index is 11.8. The van der Waals surface area contributed by atoms with Gasteiger partial charge in [0.1, 0.15) is 0 Å². The summed E-state index contributed by atoms with van der Waals surface area (Å²) in [5.74, 6) is 0.345. The summed E-state index contributed by atoms with van der Waals surface area (Å²) in [6, 6.07) is 0.145. The van der Waals surface area contributed by atoms with Crippen LogP contribution in [-0.4, -0.2) is 37.9 Å². The third kappa shape index (κ3) is 3.42. The van der Waals surface area contributed by atoms with Gasteiger partial charge in [-0.25, -0.2) is 8.42 Å². The Morgan fingerprint density at radius 2 is 2.06 bits per heavy atom. The van der Waals surface area contributed by atoms with E-state index in [4.69, 9.17) is 5.73 Å². The summed E-state index contributed by atoms with van der Waals surface area (Å²) in [7, 11) is -2.88. The predicted molar refractivity (Wildman–Crippen MR) is 65.1 cm³/mol. The van der Waals surface area contributed by atoms with Crippen molar-refractivity contribution in [3.05, 3.63) is 0 Å². The monoisotopic (exact) mass is 260 g/mol. The molecule has 0 bridgehead atoms. The molecule has 1 amide bonds. The molecule has 1 saturated carbocycles. The third-order valence-corrected chi connectivity index (χ3v) is 5.55. The lowest BCUT2D eigenvalue weighted by molar-refractivity contribution is -0.122. The fourth-order valence-electron chi connectivity index (χ4n) is 2.73. The molecule has 1 aliphatic carbocycles. The van der Waals surface area contributed by atoms with Crippen molar-refractivity contribution in [2.45, 2.75) is 44.2 Å². The molecule has 0 aromatic heterocycles. The Labute approximate surface area is 102 Å². The van der Waals surface area contributed by atoms with Crippen molar-refractivity contribution < 1.29 is 13.2 Å². The summed E-state index contributed by atoms with van der Waals surface area (Å²) in [6.45, 7) is 0. The van der Waals surface area contributed by atoms with E-state index in [2.05, 4.69) is 5.32 Å². The van der Waals surface area contributed by atoms with E-state index in [0.717, 1.165) is 19.3 Å². The van der Waals surface area contributed by atoms with Gasteiger partial charge in [0.2, 0.25) is 5.91 Å². The average molecular weight is 260 g/mol. The highest BCUT2D eigenvalue weighted by Gasteiger charge is 2.31. The van der Waals surface area contributed by atoms with Gasteiger partial charge >= 0.3 is 0 Å². The van der Waals surface area contributed by atoms with Crippen LogP contribution in [-0.2, 0) is 14.6 Å². The summed E-state index contributed by atoms with van der Waals surface area (Å²) in [5.41, 5.74) is 5.87. The van der Waals surface area contributed by atoms with Crippen LogP contribution in [0, 0.1) is 5.92 Å². The Bertz CT molecular complexity index is 394. The first-order valence-electron chi connectivity index (χ1n) is 6.21. The van der Waals surface area contributed by atoms with Gasteiger partial charge in [-0.3, -0.25) is 4.79 Å². The third-order valence-electron chi connectivity index (χ3n) is 3.72. The van der Waals surface area contributed by atoms with E-state index in [1.54, 1.807) is 0 Å². The molecule has 3 atom stereocenters. The van der Waals surface area contributed by atoms with Gasteiger partial charge in [-0.15, -0.1) is 0 Å². The number of carbonyl (C=O) groups excluding carboxylic acids is 1. The summed E-state index contributed by atoms with van der Waals surface area (Å²) >= 11 is 0.